The maximum atomic E-state index is 11.4. The summed E-state index contributed by atoms with van der Waals surface area (Å²) in [5.74, 6) is -0.163. The van der Waals surface area contributed by atoms with Gasteiger partial charge in [-0.25, -0.2) is 0 Å². The molecule has 3 N–H and O–H groups in total. The number of methoxy groups -OCH3 is 1. The molecule has 0 bridgehead atoms. The van der Waals surface area contributed by atoms with Crippen LogP contribution in [-0.4, -0.2) is 24.6 Å². The van der Waals surface area contributed by atoms with Crippen LogP contribution in [0, 0.1) is 0 Å². The van der Waals surface area contributed by atoms with Gasteiger partial charge in [-0.3, -0.25) is 4.79 Å². The van der Waals surface area contributed by atoms with Crippen LogP contribution in [0.25, 0.3) is 0 Å². The van der Waals surface area contributed by atoms with Crippen molar-refractivity contribution < 1.29 is 9.53 Å². The second-order valence-corrected chi connectivity index (χ2v) is 4.11. The normalized spacial score (nSPS) is 10.2. The first kappa shape index (κ1) is 13.2. The number of amides is 1. The van der Waals surface area contributed by atoms with Gasteiger partial charge in [0, 0.05) is 30.4 Å². The molecule has 1 amide bonds. The van der Waals surface area contributed by atoms with Crippen molar-refractivity contribution in [1.82, 2.24) is 4.98 Å². The van der Waals surface area contributed by atoms with Crippen molar-refractivity contribution in [2.45, 2.75) is 6.54 Å². The number of rotatable bonds is 6. The van der Waals surface area contributed by atoms with Gasteiger partial charge in [0.2, 0.25) is 5.91 Å². The van der Waals surface area contributed by atoms with Gasteiger partial charge >= 0.3 is 0 Å². The first-order chi connectivity index (χ1) is 9.28. The first-order valence-electron chi connectivity index (χ1n) is 6.03. The van der Waals surface area contributed by atoms with E-state index in [4.69, 9.17) is 4.74 Å². The van der Waals surface area contributed by atoms with E-state index in [1.54, 1.807) is 0 Å². The van der Waals surface area contributed by atoms with Crippen LogP contribution in [0.2, 0.25) is 0 Å². The van der Waals surface area contributed by atoms with Crippen LogP contribution in [0.1, 0.15) is 5.69 Å². The first-order valence-corrected chi connectivity index (χ1v) is 6.03. The Morgan fingerprint density at radius 2 is 2.11 bits per heavy atom. The van der Waals surface area contributed by atoms with Crippen molar-refractivity contribution in [1.29, 1.82) is 0 Å². The standard InChI is InChI=1S/C14H17N3O2/c1-19-10-14(18)17-12-5-2-4-11(8-12)16-9-13-6-3-7-15-13/h2-8,15-16H,9-10H2,1H3,(H,17,18). The van der Waals surface area contributed by atoms with Crippen molar-refractivity contribution in [3.8, 4) is 0 Å². The van der Waals surface area contributed by atoms with Crippen molar-refractivity contribution in [2.24, 2.45) is 0 Å². The number of aromatic amines is 1. The summed E-state index contributed by atoms with van der Waals surface area (Å²) in [6.07, 6.45) is 1.89. The van der Waals surface area contributed by atoms with E-state index in [2.05, 4.69) is 15.6 Å². The van der Waals surface area contributed by atoms with Gasteiger partial charge in [-0.15, -0.1) is 0 Å². The number of hydrogen-bond donors (Lipinski definition) is 3. The summed E-state index contributed by atoms with van der Waals surface area (Å²) < 4.78 is 4.77. The molecule has 0 saturated carbocycles. The van der Waals surface area contributed by atoms with Gasteiger partial charge in [0.05, 0.1) is 6.54 Å². The zero-order valence-corrected chi connectivity index (χ0v) is 10.8. The number of aromatic nitrogens is 1. The Balaban J connectivity index is 1.93. The second kappa shape index (κ2) is 6.61. The molecule has 5 heteroatoms. The van der Waals surface area contributed by atoms with Gasteiger partial charge in [-0.1, -0.05) is 6.07 Å². The summed E-state index contributed by atoms with van der Waals surface area (Å²) in [7, 11) is 1.49. The number of ether oxygens (including phenoxy) is 1. The minimum atomic E-state index is -0.163. The van der Waals surface area contributed by atoms with Crippen molar-refractivity contribution >= 4 is 17.3 Å². The molecule has 5 nitrogen and oxygen atoms in total. The number of hydrogen-bond acceptors (Lipinski definition) is 3. The molecule has 19 heavy (non-hydrogen) atoms. The van der Waals surface area contributed by atoms with Crippen LogP contribution in [0.15, 0.2) is 42.6 Å². The van der Waals surface area contributed by atoms with E-state index in [1.165, 1.54) is 7.11 Å². The Kier molecular flexibility index (Phi) is 4.58. The fraction of sp³-hybridized carbons (Fsp3) is 0.214. The summed E-state index contributed by atoms with van der Waals surface area (Å²) in [5.41, 5.74) is 2.80. The molecule has 0 spiro atoms. The van der Waals surface area contributed by atoms with Crippen molar-refractivity contribution in [2.75, 3.05) is 24.4 Å². The lowest BCUT2D eigenvalue weighted by Crippen LogP contribution is -2.17. The highest BCUT2D eigenvalue weighted by Crippen LogP contribution is 2.15. The molecule has 0 aliphatic heterocycles. The van der Waals surface area contributed by atoms with Crippen molar-refractivity contribution in [3.63, 3.8) is 0 Å². The molecule has 2 rings (SSSR count). The topological polar surface area (TPSA) is 66.2 Å². The van der Waals surface area contributed by atoms with E-state index < -0.39 is 0 Å². The summed E-state index contributed by atoms with van der Waals surface area (Å²) in [5, 5.41) is 6.04. The molecule has 2 aromatic rings. The molecular formula is C14H17N3O2. The van der Waals surface area contributed by atoms with Crippen LogP contribution < -0.4 is 10.6 Å². The molecule has 0 radical (unpaired) electrons. The molecule has 1 aromatic heterocycles. The molecule has 1 heterocycles. The minimum Gasteiger partial charge on any atom is -0.379 e. The Bertz CT molecular complexity index is 523. The third-order valence-corrected chi connectivity index (χ3v) is 2.57. The van der Waals surface area contributed by atoms with Crippen LogP contribution >= 0.6 is 0 Å². The maximum absolute atomic E-state index is 11.4. The van der Waals surface area contributed by atoms with Gasteiger partial charge in [-0.05, 0) is 30.3 Å². The number of carbonyl (C=O) groups is 1. The van der Waals surface area contributed by atoms with Crippen LogP contribution in [0.3, 0.4) is 0 Å². The van der Waals surface area contributed by atoms with Crippen LogP contribution in [0.4, 0.5) is 11.4 Å². The molecule has 0 unspecified atom stereocenters. The number of H-pyrrole nitrogens is 1. The highest BCUT2D eigenvalue weighted by molar-refractivity contribution is 5.92. The number of nitrogens with one attached hydrogen (secondary N) is 3. The fourth-order valence-corrected chi connectivity index (χ4v) is 1.71. The lowest BCUT2D eigenvalue weighted by molar-refractivity contribution is -0.119. The Morgan fingerprint density at radius 3 is 2.84 bits per heavy atom. The van der Waals surface area contributed by atoms with E-state index in [-0.39, 0.29) is 12.5 Å². The SMILES string of the molecule is COCC(=O)Nc1cccc(NCc2ccc[nH]2)c1. The molecule has 0 saturated heterocycles. The number of benzene rings is 1. The lowest BCUT2D eigenvalue weighted by atomic mass is 10.2. The molecule has 0 aliphatic carbocycles. The molecule has 0 aliphatic rings. The highest BCUT2D eigenvalue weighted by Gasteiger charge is 2.02. The zero-order valence-electron chi connectivity index (χ0n) is 10.8. The lowest BCUT2D eigenvalue weighted by Gasteiger charge is -2.08. The summed E-state index contributed by atoms with van der Waals surface area (Å²) in [6.45, 7) is 0.766. The third kappa shape index (κ3) is 4.15. The second-order valence-electron chi connectivity index (χ2n) is 4.11. The number of carbonyl (C=O) groups excluding carboxylic acids is 1. The Hall–Kier alpha value is -2.27. The van der Waals surface area contributed by atoms with E-state index in [9.17, 15) is 4.79 Å². The molecule has 1 aromatic carbocycles. The van der Waals surface area contributed by atoms with Crippen LogP contribution in [0.5, 0.6) is 0 Å². The highest BCUT2D eigenvalue weighted by atomic mass is 16.5. The van der Waals surface area contributed by atoms with Gasteiger partial charge in [0.15, 0.2) is 0 Å². The molecule has 0 atom stereocenters. The van der Waals surface area contributed by atoms with Gasteiger partial charge in [0.25, 0.3) is 0 Å². The number of anilines is 2. The van der Waals surface area contributed by atoms with E-state index in [0.717, 1.165) is 17.1 Å². The average molecular weight is 259 g/mol. The van der Waals surface area contributed by atoms with Crippen LogP contribution in [-0.2, 0) is 16.1 Å². The minimum absolute atomic E-state index is 0.0557. The predicted octanol–water partition coefficient (Wildman–Crippen LogP) is 2.21. The zero-order chi connectivity index (χ0) is 13.5. The van der Waals surface area contributed by atoms with Gasteiger partial charge < -0.3 is 20.4 Å². The summed E-state index contributed by atoms with van der Waals surface area (Å²) in [6, 6.07) is 11.5. The summed E-state index contributed by atoms with van der Waals surface area (Å²) in [4.78, 5) is 14.5. The predicted molar refractivity (Wildman–Crippen MR) is 75.1 cm³/mol. The molecule has 100 valence electrons. The quantitative estimate of drug-likeness (QED) is 0.745. The molecular weight excluding hydrogens is 242 g/mol. The van der Waals surface area contributed by atoms with E-state index >= 15 is 0 Å². The average Bonchev–Trinajstić information content (AvgIpc) is 2.90. The third-order valence-electron chi connectivity index (χ3n) is 2.57. The largest absolute Gasteiger partial charge is 0.379 e. The van der Waals surface area contributed by atoms with Crippen molar-refractivity contribution in [3.05, 3.63) is 48.3 Å². The summed E-state index contributed by atoms with van der Waals surface area (Å²) >= 11 is 0. The van der Waals surface area contributed by atoms with Gasteiger partial charge in [0.1, 0.15) is 6.61 Å². The Labute approximate surface area is 112 Å². The van der Waals surface area contributed by atoms with E-state index in [0.29, 0.717) is 6.54 Å². The van der Waals surface area contributed by atoms with Gasteiger partial charge in [-0.2, -0.15) is 0 Å². The smallest absolute Gasteiger partial charge is 0.250 e. The monoisotopic (exact) mass is 259 g/mol. The molecule has 0 fully saturated rings. The van der Waals surface area contributed by atoms with E-state index in [1.807, 2.05) is 42.6 Å². The Morgan fingerprint density at radius 1 is 1.26 bits per heavy atom. The fourth-order valence-electron chi connectivity index (χ4n) is 1.71. The maximum Gasteiger partial charge on any atom is 0.250 e.